The molecule has 0 fully saturated rings. The van der Waals surface area contributed by atoms with Crippen molar-refractivity contribution in [1.29, 1.82) is 0 Å². The summed E-state index contributed by atoms with van der Waals surface area (Å²) in [5.74, 6) is 1.79. The maximum absolute atomic E-state index is 10.1. The molecule has 114 valence electrons. The topological polar surface area (TPSA) is 47.9 Å². The average molecular weight is 282 g/mol. The zero-order valence-corrected chi connectivity index (χ0v) is 12.9. The Morgan fingerprint density at radius 2 is 1.80 bits per heavy atom. The summed E-state index contributed by atoms with van der Waals surface area (Å²) >= 11 is 0. The molecule has 4 nitrogen and oxygen atoms in total. The van der Waals surface area contributed by atoms with Gasteiger partial charge in [-0.25, -0.2) is 0 Å². The van der Waals surface area contributed by atoms with Gasteiger partial charge in [0.05, 0.1) is 20.8 Å². The second-order valence-corrected chi connectivity index (χ2v) is 5.06. The molecule has 1 aromatic carbocycles. The fourth-order valence-corrected chi connectivity index (χ4v) is 2.11. The van der Waals surface area contributed by atoms with Gasteiger partial charge in [-0.1, -0.05) is 26.3 Å². The van der Waals surface area contributed by atoms with Crippen molar-refractivity contribution in [2.75, 3.05) is 27.4 Å². The van der Waals surface area contributed by atoms with Crippen LogP contribution in [0.4, 0.5) is 0 Å². The lowest BCUT2D eigenvalue weighted by molar-refractivity contribution is 0.0214. The molecule has 0 saturated carbocycles. The van der Waals surface area contributed by atoms with Gasteiger partial charge in [0.25, 0.3) is 0 Å². The fourth-order valence-electron chi connectivity index (χ4n) is 2.11. The minimum atomic E-state index is -0.649. The van der Waals surface area contributed by atoms with E-state index in [4.69, 9.17) is 14.2 Å². The lowest BCUT2D eigenvalue weighted by Gasteiger charge is -2.16. The number of benzene rings is 1. The van der Waals surface area contributed by atoms with E-state index in [9.17, 15) is 5.11 Å². The molecular weight excluding hydrogens is 256 g/mol. The molecule has 4 heteroatoms. The van der Waals surface area contributed by atoms with Crippen molar-refractivity contribution < 1.29 is 19.3 Å². The van der Waals surface area contributed by atoms with E-state index in [0.717, 1.165) is 18.4 Å². The Kier molecular flexibility index (Phi) is 7.41. The van der Waals surface area contributed by atoms with E-state index in [1.54, 1.807) is 26.4 Å². The molecule has 2 atom stereocenters. The van der Waals surface area contributed by atoms with Gasteiger partial charge in [-0.3, -0.25) is 0 Å². The number of rotatable bonds is 9. The Bertz CT molecular complexity index is 392. The van der Waals surface area contributed by atoms with Gasteiger partial charge in [-0.15, -0.1) is 0 Å². The van der Waals surface area contributed by atoms with Gasteiger partial charge in [-0.2, -0.15) is 0 Å². The molecule has 0 spiro atoms. The smallest absolute Gasteiger partial charge is 0.161 e. The van der Waals surface area contributed by atoms with Crippen molar-refractivity contribution in [3.8, 4) is 11.5 Å². The predicted octanol–water partition coefficient (Wildman–Crippen LogP) is 3.19. The minimum absolute atomic E-state index is 0.295. The molecule has 0 aliphatic carbocycles. The molecular formula is C16H26O4. The van der Waals surface area contributed by atoms with Gasteiger partial charge in [0, 0.05) is 6.61 Å². The first-order chi connectivity index (χ1) is 9.62. The van der Waals surface area contributed by atoms with E-state index in [1.807, 2.05) is 6.07 Å². The Morgan fingerprint density at radius 3 is 2.40 bits per heavy atom. The first-order valence-corrected chi connectivity index (χ1v) is 7.10. The van der Waals surface area contributed by atoms with Crippen molar-refractivity contribution in [3.05, 3.63) is 23.8 Å². The van der Waals surface area contributed by atoms with Gasteiger partial charge in [0.1, 0.15) is 6.10 Å². The molecule has 1 aromatic rings. The van der Waals surface area contributed by atoms with Crippen molar-refractivity contribution >= 4 is 0 Å². The number of ether oxygens (including phenoxy) is 3. The van der Waals surface area contributed by atoms with Crippen LogP contribution in [0.1, 0.15) is 38.4 Å². The summed E-state index contributed by atoms with van der Waals surface area (Å²) in [7, 11) is 3.17. The van der Waals surface area contributed by atoms with Gasteiger partial charge < -0.3 is 19.3 Å². The number of aliphatic hydroxyl groups excluding tert-OH is 1. The van der Waals surface area contributed by atoms with E-state index in [2.05, 4.69) is 13.8 Å². The van der Waals surface area contributed by atoms with Crippen LogP contribution in [0.3, 0.4) is 0 Å². The molecule has 1 N–H and O–H groups in total. The maximum atomic E-state index is 10.1. The molecule has 20 heavy (non-hydrogen) atoms. The van der Waals surface area contributed by atoms with Crippen LogP contribution in [0, 0.1) is 5.92 Å². The summed E-state index contributed by atoms with van der Waals surface area (Å²) in [5, 5.41) is 10.1. The van der Waals surface area contributed by atoms with Crippen molar-refractivity contribution in [2.45, 2.75) is 32.8 Å². The maximum Gasteiger partial charge on any atom is 0.161 e. The third kappa shape index (κ3) is 5.02. The van der Waals surface area contributed by atoms with Crippen LogP contribution >= 0.6 is 0 Å². The van der Waals surface area contributed by atoms with Crippen molar-refractivity contribution in [1.82, 2.24) is 0 Å². The molecule has 2 unspecified atom stereocenters. The van der Waals surface area contributed by atoms with Gasteiger partial charge in [0.15, 0.2) is 11.5 Å². The van der Waals surface area contributed by atoms with Crippen LogP contribution in [-0.2, 0) is 4.74 Å². The van der Waals surface area contributed by atoms with E-state index in [0.29, 0.717) is 30.6 Å². The molecule has 0 saturated heterocycles. The summed E-state index contributed by atoms with van der Waals surface area (Å²) in [6.45, 7) is 5.29. The van der Waals surface area contributed by atoms with Crippen LogP contribution in [0.25, 0.3) is 0 Å². The largest absolute Gasteiger partial charge is 0.493 e. The van der Waals surface area contributed by atoms with Crippen molar-refractivity contribution in [3.63, 3.8) is 0 Å². The summed E-state index contributed by atoms with van der Waals surface area (Å²) in [6, 6.07) is 5.39. The summed E-state index contributed by atoms with van der Waals surface area (Å²) < 4.78 is 16.0. The van der Waals surface area contributed by atoms with E-state index >= 15 is 0 Å². The SMILES string of the molecule is CCCC(C)COCC(O)c1ccc(OC)c(OC)c1. The lowest BCUT2D eigenvalue weighted by atomic mass is 10.1. The second-order valence-electron chi connectivity index (χ2n) is 5.06. The van der Waals surface area contributed by atoms with Crippen LogP contribution in [0.15, 0.2) is 18.2 Å². The predicted molar refractivity (Wildman–Crippen MR) is 79.4 cm³/mol. The highest BCUT2D eigenvalue weighted by Gasteiger charge is 2.12. The first-order valence-electron chi connectivity index (χ1n) is 7.10. The molecule has 0 amide bonds. The van der Waals surface area contributed by atoms with Crippen LogP contribution in [0.5, 0.6) is 11.5 Å². The Balaban J connectivity index is 2.52. The molecule has 0 aliphatic heterocycles. The summed E-state index contributed by atoms with van der Waals surface area (Å²) in [6.07, 6.45) is 1.65. The molecule has 0 heterocycles. The summed E-state index contributed by atoms with van der Waals surface area (Å²) in [4.78, 5) is 0. The van der Waals surface area contributed by atoms with E-state index in [-0.39, 0.29) is 0 Å². The zero-order chi connectivity index (χ0) is 15.0. The Morgan fingerprint density at radius 1 is 1.10 bits per heavy atom. The molecule has 0 bridgehead atoms. The van der Waals surface area contributed by atoms with Gasteiger partial charge in [-0.05, 0) is 30.0 Å². The highest BCUT2D eigenvalue weighted by molar-refractivity contribution is 5.43. The standard InChI is InChI=1S/C16H26O4/c1-5-6-12(2)10-20-11-14(17)13-7-8-15(18-3)16(9-13)19-4/h7-9,12,14,17H,5-6,10-11H2,1-4H3. The average Bonchev–Trinajstić information content (AvgIpc) is 2.46. The van der Waals surface area contributed by atoms with E-state index < -0.39 is 6.10 Å². The lowest BCUT2D eigenvalue weighted by Crippen LogP contribution is -2.12. The third-order valence-corrected chi connectivity index (χ3v) is 3.25. The Hall–Kier alpha value is -1.26. The van der Waals surface area contributed by atoms with Gasteiger partial charge >= 0.3 is 0 Å². The molecule has 0 radical (unpaired) electrons. The first kappa shape index (κ1) is 16.8. The third-order valence-electron chi connectivity index (χ3n) is 3.25. The highest BCUT2D eigenvalue weighted by atomic mass is 16.5. The fraction of sp³-hybridized carbons (Fsp3) is 0.625. The number of aliphatic hydroxyl groups is 1. The second kappa shape index (κ2) is 8.82. The quantitative estimate of drug-likeness (QED) is 0.755. The molecule has 1 rings (SSSR count). The zero-order valence-electron chi connectivity index (χ0n) is 12.9. The van der Waals surface area contributed by atoms with E-state index in [1.165, 1.54) is 0 Å². The normalized spacial score (nSPS) is 13.8. The van der Waals surface area contributed by atoms with Crippen molar-refractivity contribution in [2.24, 2.45) is 5.92 Å². The number of methoxy groups -OCH3 is 2. The molecule has 0 aromatic heterocycles. The van der Waals surface area contributed by atoms with Crippen LogP contribution in [-0.4, -0.2) is 32.5 Å². The minimum Gasteiger partial charge on any atom is -0.493 e. The van der Waals surface area contributed by atoms with Crippen LogP contribution < -0.4 is 9.47 Å². The summed E-state index contributed by atoms with van der Waals surface area (Å²) in [5.41, 5.74) is 0.769. The Labute approximate surface area is 121 Å². The number of hydrogen-bond acceptors (Lipinski definition) is 4. The van der Waals surface area contributed by atoms with Gasteiger partial charge in [0.2, 0.25) is 0 Å². The molecule has 0 aliphatic rings. The monoisotopic (exact) mass is 282 g/mol. The number of hydrogen-bond donors (Lipinski definition) is 1. The van der Waals surface area contributed by atoms with Crippen LogP contribution in [0.2, 0.25) is 0 Å². The highest BCUT2D eigenvalue weighted by Crippen LogP contribution is 2.30.